The molecule has 1 N–H and O–H groups in total. The highest BCUT2D eigenvalue weighted by atomic mass is 15.0. The lowest BCUT2D eigenvalue weighted by molar-refractivity contribution is 0.225. The number of nitrogens with one attached hydrogen (secondary N) is 1. The Bertz CT molecular complexity index is 386. The summed E-state index contributed by atoms with van der Waals surface area (Å²) in [5.74, 6) is 2.60. The lowest BCUT2D eigenvalue weighted by Crippen LogP contribution is -2.37. The first-order valence-electron chi connectivity index (χ1n) is 7.55. The van der Waals surface area contributed by atoms with E-state index in [4.69, 9.17) is 0 Å². The third-order valence-electron chi connectivity index (χ3n) is 5.07. The number of hydrogen-bond acceptors (Lipinski definition) is 1. The molecule has 2 fully saturated rings. The second kappa shape index (κ2) is 5.05. The first-order chi connectivity index (χ1) is 8.74. The van der Waals surface area contributed by atoms with Crippen molar-refractivity contribution in [3.63, 3.8) is 0 Å². The van der Waals surface area contributed by atoms with E-state index in [9.17, 15) is 0 Å². The zero-order chi connectivity index (χ0) is 12.5. The maximum Gasteiger partial charge on any atom is 0.0145 e. The van der Waals surface area contributed by atoms with Gasteiger partial charge in [-0.05, 0) is 43.1 Å². The Labute approximate surface area is 111 Å². The predicted octanol–water partition coefficient (Wildman–Crippen LogP) is 3.96. The van der Waals surface area contributed by atoms with Crippen LogP contribution in [0.15, 0.2) is 30.3 Å². The van der Waals surface area contributed by atoms with Gasteiger partial charge in [-0.25, -0.2) is 0 Å². The Morgan fingerprint density at radius 3 is 2.44 bits per heavy atom. The van der Waals surface area contributed by atoms with E-state index in [-0.39, 0.29) is 0 Å². The fraction of sp³-hybridized carbons (Fsp3) is 0.647. The average Bonchev–Trinajstić information content (AvgIpc) is 3.14. The minimum absolute atomic E-state index is 0.748. The lowest BCUT2D eigenvalue weighted by atomic mass is 9.79. The summed E-state index contributed by atoms with van der Waals surface area (Å²) in [4.78, 5) is 0. The van der Waals surface area contributed by atoms with E-state index in [1.807, 2.05) is 0 Å². The Morgan fingerprint density at radius 2 is 1.72 bits per heavy atom. The largest absolute Gasteiger partial charge is 0.311 e. The fourth-order valence-electron chi connectivity index (χ4n) is 3.45. The zero-order valence-electron chi connectivity index (χ0n) is 11.6. The topological polar surface area (TPSA) is 12.0 Å². The van der Waals surface area contributed by atoms with Crippen molar-refractivity contribution in [3.05, 3.63) is 35.9 Å². The first kappa shape index (κ1) is 12.2. The number of benzene rings is 1. The smallest absolute Gasteiger partial charge is 0.0145 e. The van der Waals surface area contributed by atoms with Crippen LogP contribution in [0.25, 0.3) is 0 Å². The SMILES string of the molecule is CC1CCC(NC2CC2c2ccccc2)CC1C. The van der Waals surface area contributed by atoms with Crippen molar-refractivity contribution >= 4 is 0 Å². The van der Waals surface area contributed by atoms with Crippen LogP contribution in [0.4, 0.5) is 0 Å². The molecule has 0 spiro atoms. The average molecular weight is 243 g/mol. The molecule has 1 aromatic rings. The van der Waals surface area contributed by atoms with Crippen molar-refractivity contribution in [2.75, 3.05) is 0 Å². The van der Waals surface area contributed by atoms with Crippen molar-refractivity contribution in [2.45, 2.75) is 57.5 Å². The minimum Gasteiger partial charge on any atom is -0.311 e. The van der Waals surface area contributed by atoms with Gasteiger partial charge in [-0.2, -0.15) is 0 Å². The molecule has 3 rings (SSSR count). The van der Waals surface area contributed by atoms with Gasteiger partial charge in [-0.1, -0.05) is 44.2 Å². The van der Waals surface area contributed by atoms with Gasteiger partial charge in [0, 0.05) is 18.0 Å². The van der Waals surface area contributed by atoms with Crippen LogP contribution >= 0.6 is 0 Å². The molecule has 18 heavy (non-hydrogen) atoms. The van der Waals surface area contributed by atoms with Crippen molar-refractivity contribution in [3.8, 4) is 0 Å². The van der Waals surface area contributed by atoms with E-state index in [0.29, 0.717) is 0 Å². The summed E-state index contributed by atoms with van der Waals surface area (Å²) in [7, 11) is 0. The second-order valence-corrected chi connectivity index (χ2v) is 6.49. The highest BCUT2D eigenvalue weighted by Gasteiger charge is 2.40. The standard InChI is InChI=1S/C17H25N/c1-12-8-9-15(10-13(12)2)18-17-11-16(17)14-6-4-3-5-7-14/h3-7,12-13,15-18H,8-11H2,1-2H3. The first-order valence-corrected chi connectivity index (χ1v) is 7.55. The maximum absolute atomic E-state index is 3.89. The third-order valence-corrected chi connectivity index (χ3v) is 5.07. The highest BCUT2D eigenvalue weighted by Crippen LogP contribution is 2.42. The minimum atomic E-state index is 0.748. The van der Waals surface area contributed by atoms with Gasteiger partial charge < -0.3 is 5.32 Å². The summed E-state index contributed by atoms with van der Waals surface area (Å²) >= 11 is 0. The molecular formula is C17H25N. The van der Waals surface area contributed by atoms with Crippen LogP contribution in [0.5, 0.6) is 0 Å². The van der Waals surface area contributed by atoms with Gasteiger partial charge in [-0.15, -0.1) is 0 Å². The van der Waals surface area contributed by atoms with Gasteiger partial charge in [-0.3, -0.25) is 0 Å². The molecule has 5 atom stereocenters. The van der Waals surface area contributed by atoms with E-state index in [1.54, 1.807) is 0 Å². The lowest BCUT2D eigenvalue weighted by Gasteiger charge is -2.32. The van der Waals surface area contributed by atoms with E-state index >= 15 is 0 Å². The molecule has 1 aromatic carbocycles. The van der Waals surface area contributed by atoms with Gasteiger partial charge in [0.15, 0.2) is 0 Å². The quantitative estimate of drug-likeness (QED) is 0.847. The van der Waals surface area contributed by atoms with Gasteiger partial charge in [0.25, 0.3) is 0 Å². The van der Waals surface area contributed by atoms with Crippen LogP contribution < -0.4 is 5.32 Å². The number of rotatable bonds is 3. The normalized spacial score (nSPS) is 39.6. The molecule has 0 aromatic heterocycles. The van der Waals surface area contributed by atoms with Gasteiger partial charge >= 0.3 is 0 Å². The fourth-order valence-corrected chi connectivity index (χ4v) is 3.45. The molecule has 0 radical (unpaired) electrons. The summed E-state index contributed by atoms with van der Waals surface area (Å²) in [6.45, 7) is 4.82. The van der Waals surface area contributed by atoms with Crippen molar-refractivity contribution in [1.82, 2.24) is 5.32 Å². The molecule has 98 valence electrons. The molecule has 0 aliphatic heterocycles. The summed E-state index contributed by atoms with van der Waals surface area (Å²) in [5, 5.41) is 3.89. The maximum atomic E-state index is 3.89. The zero-order valence-corrected chi connectivity index (χ0v) is 11.6. The molecule has 5 unspecified atom stereocenters. The van der Waals surface area contributed by atoms with E-state index in [2.05, 4.69) is 49.5 Å². The molecule has 2 aliphatic rings. The molecular weight excluding hydrogens is 218 g/mol. The van der Waals surface area contributed by atoms with Gasteiger partial charge in [0.2, 0.25) is 0 Å². The molecule has 0 bridgehead atoms. The molecule has 1 nitrogen and oxygen atoms in total. The van der Waals surface area contributed by atoms with Crippen LogP contribution in [-0.2, 0) is 0 Å². The summed E-state index contributed by atoms with van der Waals surface area (Å²) in [6, 6.07) is 12.5. The van der Waals surface area contributed by atoms with Crippen LogP contribution in [0.3, 0.4) is 0 Å². The van der Waals surface area contributed by atoms with Crippen molar-refractivity contribution in [2.24, 2.45) is 11.8 Å². The summed E-state index contributed by atoms with van der Waals surface area (Å²) in [6.07, 6.45) is 5.49. The van der Waals surface area contributed by atoms with E-state index in [0.717, 1.165) is 29.8 Å². The summed E-state index contributed by atoms with van der Waals surface area (Å²) < 4.78 is 0. The third kappa shape index (κ3) is 2.61. The Morgan fingerprint density at radius 1 is 0.944 bits per heavy atom. The molecule has 0 heterocycles. The highest BCUT2D eigenvalue weighted by molar-refractivity contribution is 5.27. The van der Waals surface area contributed by atoms with Crippen LogP contribution in [0.2, 0.25) is 0 Å². The van der Waals surface area contributed by atoms with Crippen LogP contribution in [-0.4, -0.2) is 12.1 Å². The predicted molar refractivity (Wildman–Crippen MR) is 76.7 cm³/mol. The van der Waals surface area contributed by atoms with Gasteiger partial charge in [0.05, 0.1) is 0 Å². The van der Waals surface area contributed by atoms with Crippen molar-refractivity contribution in [1.29, 1.82) is 0 Å². The Balaban J connectivity index is 1.51. The Kier molecular flexibility index (Phi) is 3.43. The molecule has 1 heteroatoms. The molecule has 2 saturated carbocycles. The number of hydrogen-bond donors (Lipinski definition) is 1. The van der Waals surface area contributed by atoms with Gasteiger partial charge in [0.1, 0.15) is 0 Å². The Hall–Kier alpha value is -0.820. The summed E-state index contributed by atoms with van der Waals surface area (Å²) in [5.41, 5.74) is 1.52. The molecule has 0 amide bonds. The molecule has 0 saturated heterocycles. The second-order valence-electron chi connectivity index (χ2n) is 6.49. The van der Waals surface area contributed by atoms with Crippen LogP contribution in [0, 0.1) is 11.8 Å². The van der Waals surface area contributed by atoms with E-state index < -0.39 is 0 Å². The monoisotopic (exact) mass is 243 g/mol. The molecule has 2 aliphatic carbocycles. The van der Waals surface area contributed by atoms with E-state index in [1.165, 1.54) is 31.2 Å². The van der Waals surface area contributed by atoms with Crippen LogP contribution in [0.1, 0.15) is 51.0 Å². The van der Waals surface area contributed by atoms with Crippen molar-refractivity contribution < 1.29 is 0 Å².